The van der Waals surface area contributed by atoms with Gasteiger partial charge in [0.1, 0.15) is 10.4 Å². The van der Waals surface area contributed by atoms with E-state index in [1.165, 1.54) is 16.9 Å². The van der Waals surface area contributed by atoms with Gasteiger partial charge in [0.05, 0.1) is 5.02 Å². The molecule has 2 aromatic heterocycles. The van der Waals surface area contributed by atoms with Crippen LogP contribution < -0.4 is 10.6 Å². The van der Waals surface area contributed by atoms with Gasteiger partial charge >= 0.3 is 0 Å². The molecule has 3 aromatic carbocycles. The number of hydrogen-bond donors (Lipinski definition) is 2. The van der Waals surface area contributed by atoms with Crippen LogP contribution in [0.2, 0.25) is 10.0 Å². The highest BCUT2D eigenvalue weighted by atomic mass is 35.5. The van der Waals surface area contributed by atoms with Crippen LogP contribution in [0.4, 0.5) is 5.69 Å². The molecule has 5 rings (SSSR count). The van der Waals surface area contributed by atoms with Crippen LogP contribution in [0.15, 0.2) is 59.0 Å². The zero-order valence-electron chi connectivity index (χ0n) is 18.7. The second-order valence-electron chi connectivity index (χ2n) is 8.00. The van der Waals surface area contributed by atoms with Gasteiger partial charge in [0.25, 0.3) is 5.91 Å². The molecule has 0 saturated heterocycles. The Kier molecular flexibility index (Phi) is 6.51. The number of benzene rings is 3. The quantitative estimate of drug-likeness (QED) is 0.226. The molecule has 176 valence electrons. The molecular formula is C26H19Cl2N3O2S2. The molecule has 0 saturated carbocycles. The maximum Gasteiger partial charge on any atom is 0.269 e. The van der Waals surface area contributed by atoms with Crippen molar-refractivity contribution < 1.29 is 9.21 Å². The SMILES string of the molecule is CCc1ccc2oc(-c3ccc(C)c(NC(=S)NC(=O)c4sc5cc(Cl)ccc5c4Cl)c3)nc2c1. The van der Waals surface area contributed by atoms with Crippen LogP contribution in [0.3, 0.4) is 0 Å². The van der Waals surface area contributed by atoms with Gasteiger partial charge in [0, 0.05) is 26.4 Å². The number of aromatic nitrogens is 1. The number of halogens is 2. The van der Waals surface area contributed by atoms with Crippen molar-refractivity contribution in [3.63, 3.8) is 0 Å². The largest absolute Gasteiger partial charge is 0.436 e. The number of aryl methyl sites for hydroxylation is 2. The Hall–Kier alpha value is -2.97. The van der Waals surface area contributed by atoms with E-state index in [1.807, 2.05) is 43.3 Å². The highest BCUT2D eigenvalue weighted by Crippen LogP contribution is 2.36. The molecule has 0 radical (unpaired) electrons. The number of fused-ring (bicyclic) bond motifs is 2. The topological polar surface area (TPSA) is 67.2 Å². The summed E-state index contributed by atoms with van der Waals surface area (Å²) in [5.74, 6) is 0.131. The van der Waals surface area contributed by atoms with E-state index in [0.29, 0.717) is 20.8 Å². The van der Waals surface area contributed by atoms with Crippen LogP contribution in [0, 0.1) is 6.92 Å². The number of thiophene rings is 1. The molecule has 1 amide bonds. The molecule has 0 aliphatic heterocycles. The lowest BCUT2D eigenvalue weighted by Gasteiger charge is -2.12. The van der Waals surface area contributed by atoms with Crippen molar-refractivity contribution in [3.8, 4) is 11.5 Å². The van der Waals surface area contributed by atoms with Crippen molar-refractivity contribution in [3.05, 3.63) is 80.6 Å². The minimum atomic E-state index is -0.385. The number of thiocarbonyl (C=S) groups is 1. The Balaban J connectivity index is 1.36. The van der Waals surface area contributed by atoms with Gasteiger partial charge in [-0.05, 0) is 73.1 Å². The van der Waals surface area contributed by atoms with Crippen LogP contribution >= 0.6 is 46.8 Å². The molecule has 2 heterocycles. The fourth-order valence-corrected chi connectivity index (χ4v) is 5.60. The molecule has 0 fully saturated rings. The van der Waals surface area contributed by atoms with Crippen molar-refractivity contribution >= 4 is 84.6 Å². The summed E-state index contributed by atoms with van der Waals surface area (Å²) in [5, 5.41) is 7.72. The first-order valence-electron chi connectivity index (χ1n) is 10.8. The molecule has 0 aliphatic carbocycles. The Labute approximate surface area is 221 Å². The number of anilines is 1. The van der Waals surface area contributed by atoms with Gasteiger partial charge in [-0.15, -0.1) is 11.3 Å². The third-order valence-corrected chi connectivity index (χ3v) is 7.71. The zero-order chi connectivity index (χ0) is 24.7. The molecular weight excluding hydrogens is 521 g/mol. The van der Waals surface area contributed by atoms with Crippen molar-refractivity contribution in [1.82, 2.24) is 10.3 Å². The van der Waals surface area contributed by atoms with Crippen LogP contribution in [0.1, 0.15) is 27.7 Å². The van der Waals surface area contributed by atoms with Gasteiger partial charge in [0.15, 0.2) is 10.7 Å². The number of hydrogen-bond acceptors (Lipinski definition) is 5. The minimum Gasteiger partial charge on any atom is -0.436 e. The number of amides is 1. The molecule has 0 spiro atoms. The van der Waals surface area contributed by atoms with E-state index in [-0.39, 0.29) is 11.0 Å². The number of rotatable bonds is 4. The van der Waals surface area contributed by atoms with Gasteiger partial charge in [-0.3, -0.25) is 10.1 Å². The molecule has 0 bridgehead atoms. The lowest BCUT2D eigenvalue weighted by Crippen LogP contribution is -2.34. The molecule has 0 aliphatic rings. The first kappa shape index (κ1) is 23.8. The minimum absolute atomic E-state index is 0.159. The van der Waals surface area contributed by atoms with Gasteiger partial charge in [0.2, 0.25) is 5.89 Å². The lowest BCUT2D eigenvalue weighted by molar-refractivity contribution is 0.0982. The fraction of sp³-hybridized carbons (Fsp3) is 0.115. The summed E-state index contributed by atoms with van der Waals surface area (Å²) in [4.78, 5) is 17.9. The standard InChI is InChI=1S/C26H19Cl2N3O2S2/c1-3-14-5-9-20-19(10-14)29-25(33-20)15-6-4-13(2)18(11-15)30-26(34)31-24(32)23-22(28)17-8-7-16(27)12-21(17)35-23/h4-12H,3H2,1-2H3,(H2,30,31,32,34). The summed E-state index contributed by atoms with van der Waals surface area (Å²) in [6.07, 6.45) is 0.931. The molecule has 0 atom stereocenters. The number of nitrogens with one attached hydrogen (secondary N) is 2. The van der Waals surface area contributed by atoms with Crippen molar-refractivity contribution in [1.29, 1.82) is 0 Å². The van der Waals surface area contributed by atoms with Crippen molar-refractivity contribution in [2.24, 2.45) is 0 Å². The Morgan fingerprint density at radius 3 is 2.74 bits per heavy atom. The third-order valence-electron chi connectivity index (χ3n) is 5.62. The normalized spacial score (nSPS) is 11.2. The second kappa shape index (κ2) is 9.59. The Bertz CT molecular complexity index is 1620. The first-order chi connectivity index (χ1) is 16.8. The Morgan fingerprint density at radius 1 is 1.11 bits per heavy atom. The number of oxazole rings is 1. The van der Waals surface area contributed by atoms with Gasteiger partial charge in [-0.1, -0.05) is 48.3 Å². The summed E-state index contributed by atoms with van der Waals surface area (Å²) in [7, 11) is 0. The van der Waals surface area contributed by atoms with E-state index < -0.39 is 0 Å². The highest BCUT2D eigenvalue weighted by molar-refractivity contribution is 7.80. The van der Waals surface area contributed by atoms with Crippen LogP contribution in [-0.4, -0.2) is 16.0 Å². The average Bonchev–Trinajstić information content (AvgIpc) is 3.40. The monoisotopic (exact) mass is 539 g/mol. The Morgan fingerprint density at radius 2 is 1.94 bits per heavy atom. The highest BCUT2D eigenvalue weighted by Gasteiger charge is 2.19. The van der Waals surface area contributed by atoms with E-state index in [1.54, 1.807) is 18.2 Å². The number of carbonyl (C=O) groups is 1. The van der Waals surface area contributed by atoms with Crippen LogP contribution in [0.5, 0.6) is 0 Å². The predicted molar refractivity (Wildman–Crippen MR) is 149 cm³/mol. The van der Waals surface area contributed by atoms with Gasteiger partial charge in [-0.2, -0.15) is 0 Å². The summed E-state index contributed by atoms with van der Waals surface area (Å²) in [6, 6.07) is 17.1. The summed E-state index contributed by atoms with van der Waals surface area (Å²) >= 11 is 19.2. The van der Waals surface area contributed by atoms with E-state index in [0.717, 1.165) is 44.4 Å². The van der Waals surface area contributed by atoms with Gasteiger partial charge in [-0.25, -0.2) is 4.98 Å². The van der Waals surface area contributed by atoms with E-state index in [4.69, 9.17) is 39.8 Å². The number of nitrogens with zero attached hydrogens (tertiary/aromatic N) is 1. The zero-order valence-corrected chi connectivity index (χ0v) is 21.9. The summed E-state index contributed by atoms with van der Waals surface area (Å²) < 4.78 is 6.79. The second-order valence-corrected chi connectivity index (χ2v) is 10.3. The molecule has 2 N–H and O–H groups in total. The third kappa shape index (κ3) is 4.77. The predicted octanol–water partition coefficient (Wildman–Crippen LogP) is 8.01. The van der Waals surface area contributed by atoms with Crippen LogP contribution in [-0.2, 0) is 6.42 Å². The number of carbonyl (C=O) groups excluding carboxylic acids is 1. The summed E-state index contributed by atoms with van der Waals surface area (Å²) in [5.41, 5.74) is 5.23. The molecule has 0 unspecified atom stereocenters. The average molecular weight is 540 g/mol. The van der Waals surface area contributed by atoms with Crippen LogP contribution in [0.25, 0.3) is 32.6 Å². The fourth-order valence-electron chi connectivity index (χ4n) is 3.70. The smallest absolute Gasteiger partial charge is 0.269 e. The summed E-state index contributed by atoms with van der Waals surface area (Å²) in [6.45, 7) is 4.05. The lowest BCUT2D eigenvalue weighted by atomic mass is 10.1. The molecule has 35 heavy (non-hydrogen) atoms. The molecule has 9 heteroatoms. The van der Waals surface area contributed by atoms with Crippen molar-refractivity contribution in [2.75, 3.05) is 5.32 Å². The van der Waals surface area contributed by atoms with E-state index in [9.17, 15) is 4.79 Å². The molecule has 5 nitrogen and oxygen atoms in total. The first-order valence-corrected chi connectivity index (χ1v) is 12.8. The van der Waals surface area contributed by atoms with Crippen molar-refractivity contribution in [2.45, 2.75) is 20.3 Å². The van der Waals surface area contributed by atoms with Gasteiger partial charge < -0.3 is 9.73 Å². The maximum atomic E-state index is 12.9. The van der Waals surface area contributed by atoms with E-state index >= 15 is 0 Å². The van der Waals surface area contributed by atoms with E-state index in [2.05, 4.69) is 22.5 Å². The molecule has 5 aromatic rings. The maximum absolute atomic E-state index is 12.9.